The van der Waals surface area contributed by atoms with E-state index in [1.165, 1.54) is 24.3 Å². The highest BCUT2D eigenvalue weighted by atomic mass is 16.6. The second kappa shape index (κ2) is 5.60. The minimum absolute atomic E-state index is 0.0995. The lowest BCUT2D eigenvalue weighted by Gasteiger charge is -2.16. The molecule has 1 N–H and O–H groups in total. The molecule has 0 heterocycles. The molecule has 0 atom stereocenters. The van der Waals surface area contributed by atoms with Gasteiger partial charge in [-0.05, 0) is 17.5 Å². The molecule has 6 nitrogen and oxygen atoms in total. The van der Waals surface area contributed by atoms with Gasteiger partial charge in [-0.1, -0.05) is 20.8 Å². The van der Waals surface area contributed by atoms with Crippen LogP contribution in [-0.2, 0) is 4.79 Å². The van der Waals surface area contributed by atoms with Gasteiger partial charge in [0.1, 0.15) is 0 Å². The Morgan fingerprint density at radius 3 is 2.16 bits per heavy atom. The molecule has 0 bridgehead atoms. The van der Waals surface area contributed by atoms with Crippen molar-refractivity contribution >= 4 is 17.5 Å². The zero-order valence-corrected chi connectivity index (χ0v) is 11.1. The minimum atomic E-state index is -0.552. The Morgan fingerprint density at radius 2 is 1.74 bits per heavy atom. The van der Waals surface area contributed by atoms with Gasteiger partial charge in [0.25, 0.3) is 11.6 Å². The topological polar surface area (TPSA) is 89.3 Å². The molecular formula is C13H16N2O4. The predicted octanol–water partition coefficient (Wildman–Crippen LogP) is 2.29. The van der Waals surface area contributed by atoms with Gasteiger partial charge in [0.2, 0.25) is 5.91 Å². The van der Waals surface area contributed by atoms with Crippen molar-refractivity contribution in [2.75, 3.05) is 0 Å². The summed E-state index contributed by atoms with van der Waals surface area (Å²) in [4.78, 5) is 33.2. The van der Waals surface area contributed by atoms with Gasteiger partial charge in [-0.15, -0.1) is 0 Å². The monoisotopic (exact) mass is 264 g/mol. The van der Waals surface area contributed by atoms with Crippen molar-refractivity contribution in [3.05, 3.63) is 39.9 Å². The Balaban J connectivity index is 2.68. The van der Waals surface area contributed by atoms with Crippen LogP contribution in [0.1, 0.15) is 37.6 Å². The molecule has 6 heteroatoms. The third kappa shape index (κ3) is 4.87. The third-order valence-corrected chi connectivity index (χ3v) is 2.28. The fourth-order valence-corrected chi connectivity index (χ4v) is 1.46. The Morgan fingerprint density at radius 1 is 1.21 bits per heavy atom. The number of amides is 2. The summed E-state index contributed by atoms with van der Waals surface area (Å²) in [6.45, 7) is 5.68. The van der Waals surface area contributed by atoms with E-state index in [0.29, 0.717) is 0 Å². The summed E-state index contributed by atoms with van der Waals surface area (Å²) < 4.78 is 0. The molecule has 0 saturated heterocycles. The molecule has 102 valence electrons. The number of nitrogens with zero attached hydrogens (tertiary/aromatic N) is 1. The Hall–Kier alpha value is -2.24. The van der Waals surface area contributed by atoms with Crippen molar-refractivity contribution in [2.45, 2.75) is 27.2 Å². The van der Waals surface area contributed by atoms with E-state index >= 15 is 0 Å². The average Bonchev–Trinajstić information content (AvgIpc) is 2.26. The number of non-ortho nitro benzene ring substituents is 1. The highest BCUT2D eigenvalue weighted by molar-refractivity contribution is 6.04. The van der Waals surface area contributed by atoms with E-state index in [1.807, 2.05) is 20.8 Å². The van der Waals surface area contributed by atoms with Crippen LogP contribution in [0.15, 0.2) is 24.3 Å². The summed E-state index contributed by atoms with van der Waals surface area (Å²) in [5, 5.41) is 12.7. The van der Waals surface area contributed by atoms with Crippen LogP contribution in [0.25, 0.3) is 0 Å². The molecule has 0 saturated carbocycles. The Kier molecular flexibility index (Phi) is 4.37. The van der Waals surface area contributed by atoms with Crippen molar-refractivity contribution < 1.29 is 14.5 Å². The Bertz CT molecular complexity index is 500. The fourth-order valence-electron chi connectivity index (χ4n) is 1.46. The van der Waals surface area contributed by atoms with Crippen LogP contribution in [0, 0.1) is 15.5 Å². The van der Waals surface area contributed by atoms with Gasteiger partial charge in [-0.3, -0.25) is 25.0 Å². The summed E-state index contributed by atoms with van der Waals surface area (Å²) >= 11 is 0. The zero-order chi connectivity index (χ0) is 14.6. The molecule has 0 spiro atoms. The first-order valence-electron chi connectivity index (χ1n) is 5.78. The van der Waals surface area contributed by atoms with Gasteiger partial charge in [0, 0.05) is 24.1 Å². The Labute approximate surface area is 111 Å². The maximum Gasteiger partial charge on any atom is 0.269 e. The van der Waals surface area contributed by atoms with Crippen LogP contribution in [0.3, 0.4) is 0 Å². The van der Waals surface area contributed by atoms with Crippen molar-refractivity contribution in [1.82, 2.24) is 5.32 Å². The van der Waals surface area contributed by atoms with Crippen LogP contribution in [0.2, 0.25) is 0 Å². The molecule has 0 aromatic heterocycles. The number of carbonyl (C=O) groups excluding carboxylic acids is 2. The number of nitro groups is 1. The highest BCUT2D eigenvalue weighted by Crippen LogP contribution is 2.18. The summed E-state index contributed by atoms with van der Waals surface area (Å²) in [6, 6.07) is 5.09. The first-order chi connectivity index (χ1) is 8.69. The number of nitrogens with one attached hydrogen (secondary N) is 1. The molecule has 0 aliphatic carbocycles. The van der Waals surface area contributed by atoms with Crippen LogP contribution in [0.5, 0.6) is 0 Å². The van der Waals surface area contributed by atoms with Gasteiger partial charge in [-0.25, -0.2) is 0 Å². The van der Waals surface area contributed by atoms with Gasteiger partial charge in [0.15, 0.2) is 0 Å². The lowest BCUT2D eigenvalue weighted by Crippen LogP contribution is -2.33. The zero-order valence-electron chi connectivity index (χ0n) is 11.1. The van der Waals surface area contributed by atoms with Crippen molar-refractivity contribution in [1.29, 1.82) is 0 Å². The van der Waals surface area contributed by atoms with Crippen molar-refractivity contribution in [3.63, 3.8) is 0 Å². The number of hydrogen-bond donors (Lipinski definition) is 1. The van der Waals surface area contributed by atoms with E-state index in [4.69, 9.17) is 0 Å². The van der Waals surface area contributed by atoms with E-state index in [1.54, 1.807) is 0 Å². The molecule has 1 aromatic carbocycles. The maximum atomic E-state index is 11.7. The molecule has 2 amide bonds. The first kappa shape index (κ1) is 14.8. The van der Waals surface area contributed by atoms with Gasteiger partial charge < -0.3 is 0 Å². The summed E-state index contributed by atoms with van der Waals surface area (Å²) in [6.07, 6.45) is 0.228. The van der Waals surface area contributed by atoms with Crippen LogP contribution >= 0.6 is 0 Å². The molecule has 1 aromatic rings. The predicted molar refractivity (Wildman–Crippen MR) is 69.6 cm³/mol. The second-order valence-corrected chi connectivity index (χ2v) is 5.42. The number of hydrogen-bond acceptors (Lipinski definition) is 4. The van der Waals surface area contributed by atoms with Crippen LogP contribution < -0.4 is 5.32 Å². The van der Waals surface area contributed by atoms with Crippen LogP contribution in [0.4, 0.5) is 5.69 Å². The van der Waals surface area contributed by atoms with E-state index in [0.717, 1.165) is 0 Å². The molecule has 0 unspecified atom stereocenters. The normalized spacial score (nSPS) is 10.9. The summed E-state index contributed by atoms with van der Waals surface area (Å²) in [7, 11) is 0. The fraction of sp³-hybridized carbons (Fsp3) is 0.385. The van der Waals surface area contributed by atoms with Crippen molar-refractivity contribution in [2.24, 2.45) is 5.41 Å². The number of carbonyl (C=O) groups is 2. The second-order valence-electron chi connectivity index (χ2n) is 5.42. The molecule has 0 fully saturated rings. The number of imide groups is 1. The third-order valence-electron chi connectivity index (χ3n) is 2.28. The van der Waals surface area contributed by atoms with Crippen LogP contribution in [-0.4, -0.2) is 16.7 Å². The average molecular weight is 264 g/mol. The van der Waals surface area contributed by atoms with Gasteiger partial charge in [-0.2, -0.15) is 0 Å². The lowest BCUT2D eigenvalue weighted by molar-refractivity contribution is -0.384. The molecule has 0 radical (unpaired) electrons. The summed E-state index contributed by atoms with van der Waals surface area (Å²) in [5.74, 6) is -0.917. The highest BCUT2D eigenvalue weighted by Gasteiger charge is 2.18. The van der Waals surface area contributed by atoms with Gasteiger partial charge >= 0.3 is 0 Å². The van der Waals surface area contributed by atoms with E-state index < -0.39 is 10.8 Å². The van der Waals surface area contributed by atoms with Gasteiger partial charge in [0.05, 0.1) is 4.92 Å². The van der Waals surface area contributed by atoms with E-state index in [-0.39, 0.29) is 29.0 Å². The summed E-state index contributed by atoms with van der Waals surface area (Å²) in [5.41, 5.74) is -0.0924. The van der Waals surface area contributed by atoms with E-state index in [9.17, 15) is 19.7 Å². The minimum Gasteiger partial charge on any atom is -0.292 e. The van der Waals surface area contributed by atoms with Crippen molar-refractivity contribution in [3.8, 4) is 0 Å². The number of rotatable bonds is 3. The molecule has 0 aliphatic rings. The number of nitro benzene ring substituents is 1. The largest absolute Gasteiger partial charge is 0.292 e. The number of benzene rings is 1. The standard InChI is InChI=1S/C13H16N2O4/c1-13(2,3)8-11(16)14-12(17)9-4-6-10(7-5-9)15(18)19/h4-7H,8H2,1-3H3,(H,14,16,17). The molecule has 0 aliphatic heterocycles. The van der Waals surface area contributed by atoms with E-state index in [2.05, 4.69) is 5.32 Å². The quantitative estimate of drug-likeness (QED) is 0.670. The molecule has 1 rings (SSSR count). The lowest BCUT2D eigenvalue weighted by atomic mass is 9.92. The smallest absolute Gasteiger partial charge is 0.269 e. The SMILES string of the molecule is CC(C)(C)CC(=O)NC(=O)c1ccc([N+](=O)[O-])cc1. The maximum absolute atomic E-state index is 11.7. The first-order valence-corrected chi connectivity index (χ1v) is 5.78. The molecular weight excluding hydrogens is 248 g/mol. The molecule has 19 heavy (non-hydrogen) atoms.